The van der Waals surface area contributed by atoms with E-state index < -0.39 is 10.0 Å². The van der Waals surface area contributed by atoms with Crippen molar-refractivity contribution in [1.82, 2.24) is 10.2 Å². The Balaban J connectivity index is 1.58. The lowest BCUT2D eigenvalue weighted by molar-refractivity contribution is 0.0951. The molecule has 1 aliphatic rings. The zero-order chi connectivity index (χ0) is 21.6. The van der Waals surface area contributed by atoms with Crippen LogP contribution in [0, 0.1) is 0 Å². The molecule has 1 fully saturated rings. The standard InChI is InChI=1S/C21H25Cl2N3O3S/c22-17-8-9-19(23)20(15-17)30(28,29)25-18-7-4-6-16(14-18)21(27)24-10-5-13-26-11-2-1-3-12-26/h4,6-9,14-15,25H,1-3,5,10-13H2,(H,24,27). The quantitative estimate of drug-likeness (QED) is 0.561. The third-order valence-corrected chi connectivity index (χ3v) is 7.04. The highest BCUT2D eigenvalue weighted by Crippen LogP contribution is 2.27. The summed E-state index contributed by atoms with van der Waals surface area (Å²) in [5.74, 6) is -0.240. The van der Waals surface area contributed by atoms with Crippen molar-refractivity contribution < 1.29 is 13.2 Å². The first-order chi connectivity index (χ1) is 14.3. The van der Waals surface area contributed by atoms with Gasteiger partial charge in [0.05, 0.1) is 5.02 Å². The number of hydrogen-bond acceptors (Lipinski definition) is 4. The zero-order valence-corrected chi connectivity index (χ0v) is 18.9. The largest absolute Gasteiger partial charge is 0.352 e. The average Bonchev–Trinajstić information content (AvgIpc) is 2.73. The number of halogens is 2. The van der Waals surface area contributed by atoms with Crippen molar-refractivity contribution >= 4 is 44.8 Å². The number of nitrogens with zero attached hydrogens (tertiary/aromatic N) is 1. The molecule has 1 aliphatic heterocycles. The summed E-state index contributed by atoms with van der Waals surface area (Å²) in [7, 11) is -3.95. The number of sulfonamides is 1. The molecule has 162 valence electrons. The zero-order valence-electron chi connectivity index (χ0n) is 16.5. The molecule has 9 heteroatoms. The maximum Gasteiger partial charge on any atom is 0.263 e. The minimum Gasteiger partial charge on any atom is -0.352 e. The van der Waals surface area contributed by atoms with E-state index >= 15 is 0 Å². The van der Waals surface area contributed by atoms with Gasteiger partial charge in [-0.25, -0.2) is 8.42 Å². The van der Waals surface area contributed by atoms with Crippen LogP contribution in [0.2, 0.25) is 10.0 Å². The Bertz CT molecular complexity index is 993. The number of amides is 1. The first kappa shape index (κ1) is 22.9. The number of carbonyl (C=O) groups is 1. The third-order valence-electron chi connectivity index (χ3n) is 4.95. The molecule has 1 amide bonds. The van der Waals surface area contributed by atoms with Crippen LogP contribution in [0.3, 0.4) is 0 Å². The lowest BCUT2D eigenvalue weighted by atomic mass is 10.1. The maximum atomic E-state index is 12.7. The molecule has 0 unspecified atom stereocenters. The summed E-state index contributed by atoms with van der Waals surface area (Å²) in [6.45, 7) is 3.81. The Hall–Kier alpha value is -1.80. The molecule has 0 radical (unpaired) electrons. The van der Waals surface area contributed by atoms with E-state index in [4.69, 9.17) is 23.2 Å². The molecule has 0 aromatic heterocycles. The van der Waals surface area contributed by atoms with Gasteiger partial charge in [-0.15, -0.1) is 0 Å². The van der Waals surface area contributed by atoms with Crippen LogP contribution in [0.25, 0.3) is 0 Å². The van der Waals surface area contributed by atoms with Crippen molar-refractivity contribution in [2.75, 3.05) is 30.9 Å². The second-order valence-corrected chi connectivity index (χ2v) is 9.77. The van der Waals surface area contributed by atoms with Gasteiger partial charge in [-0.05, 0) is 75.3 Å². The van der Waals surface area contributed by atoms with Crippen molar-refractivity contribution in [2.24, 2.45) is 0 Å². The normalized spacial score (nSPS) is 15.0. The van der Waals surface area contributed by atoms with Gasteiger partial charge < -0.3 is 10.2 Å². The van der Waals surface area contributed by atoms with Gasteiger partial charge in [0, 0.05) is 22.8 Å². The van der Waals surface area contributed by atoms with Crippen LogP contribution < -0.4 is 10.0 Å². The highest BCUT2D eigenvalue weighted by Gasteiger charge is 2.19. The van der Waals surface area contributed by atoms with Gasteiger partial charge in [-0.2, -0.15) is 0 Å². The Morgan fingerprint density at radius 1 is 1.03 bits per heavy atom. The molecule has 3 rings (SSSR count). The van der Waals surface area contributed by atoms with Crippen LogP contribution >= 0.6 is 23.2 Å². The molecular weight excluding hydrogens is 445 g/mol. The van der Waals surface area contributed by atoms with Crippen molar-refractivity contribution in [3.05, 3.63) is 58.1 Å². The second-order valence-electron chi connectivity index (χ2n) is 7.27. The Morgan fingerprint density at radius 3 is 2.57 bits per heavy atom. The van der Waals surface area contributed by atoms with E-state index in [1.54, 1.807) is 18.2 Å². The molecule has 2 aromatic carbocycles. The molecule has 0 atom stereocenters. The molecule has 1 saturated heterocycles. The van der Waals surface area contributed by atoms with Crippen LogP contribution in [0.4, 0.5) is 5.69 Å². The van der Waals surface area contributed by atoms with Crippen molar-refractivity contribution in [3.63, 3.8) is 0 Å². The Labute approximate surface area is 187 Å². The number of anilines is 1. The lowest BCUT2D eigenvalue weighted by Crippen LogP contribution is -2.33. The van der Waals surface area contributed by atoms with Gasteiger partial charge in [0.2, 0.25) is 0 Å². The van der Waals surface area contributed by atoms with Crippen LogP contribution in [-0.4, -0.2) is 45.4 Å². The van der Waals surface area contributed by atoms with Gasteiger partial charge >= 0.3 is 0 Å². The predicted molar refractivity (Wildman–Crippen MR) is 121 cm³/mol. The molecule has 0 spiro atoms. The van der Waals surface area contributed by atoms with Crippen LogP contribution in [0.1, 0.15) is 36.0 Å². The molecular formula is C21H25Cl2N3O3S. The van der Waals surface area contributed by atoms with E-state index in [1.807, 2.05) is 0 Å². The van der Waals surface area contributed by atoms with E-state index in [2.05, 4.69) is 14.9 Å². The number of benzene rings is 2. The minimum atomic E-state index is -3.95. The Morgan fingerprint density at radius 2 is 1.80 bits per heavy atom. The minimum absolute atomic E-state index is 0.0644. The molecule has 1 heterocycles. The van der Waals surface area contributed by atoms with E-state index in [-0.39, 0.29) is 26.5 Å². The second kappa shape index (κ2) is 10.5. The average molecular weight is 470 g/mol. The maximum absolute atomic E-state index is 12.7. The van der Waals surface area contributed by atoms with Gasteiger partial charge in [0.15, 0.2) is 0 Å². The van der Waals surface area contributed by atoms with Gasteiger partial charge in [-0.1, -0.05) is 35.7 Å². The fraction of sp³-hybridized carbons (Fsp3) is 0.381. The number of rotatable bonds is 8. The van der Waals surface area contributed by atoms with E-state index in [0.717, 1.165) is 26.1 Å². The van der Waals surface area contributed by atoms with Crippen molar-refractivity contribution in [3.8, 4) is 0 Å². The first-order valence-corrected chi connectivity index (χ1v) is 12.2. The van der Waals surface area contributed by atoms with Crippen LogP contribution in [0.15, 0.2) is 47.4 Å². The van der Waals surface area contributed by atoms with Crippen molar-refractivity contribution in [1.29, 1.82) is 0 Å². The monoisotopic (exact) mass is 469 g/mol. The number of likely N-dealkylation sites (tertiary alicyclic amines) is 1. The number of carbonyl (C=O) groups excluding carboxylic acids is 1. The molecule has 0 bridgehead atoms. The first-order valence-electron chi connectivity index (χ1n) is 9.94. The summed E-state index contributed by atoms with van der Waals surface area (Å²) in [5, 5.41) is 3.22. The van der Waals surface area contributed by atoms with Crippen LogP contribution in [0.5, 0.6) is 0 Å². The SMILES string of the molecule is O=C(NCCCN1CCCCC1)c1cccc(NS(=O)(=O)c2cc(Cl)ccc2Cl)c1. The van der Waals surface area contributed by atoms with Crippen molar-refractivity contribution in [2.45, 2.75) is 30.6 Å². The summed E-state index contributed by atoms with van der Waals surface area (Å²) < 4.78 is 27.8. The molecule has 6 nitrogen and oxygen atoms in total. The molecule has 30 heavy (non-hydrogen) atoms. The molecule has 0 aliphatic carbocycles. The lowest BCUT2D eigenvalue weighted by Gasteiger charge is -2.26. The van der Waals surface area contributed by atoms with E-state index in [9.17, 15) is 13.2 Å². The van der Waals surface area contributed by atoms with E-state index in [0.29, 0.717) is 12.1 Å². The highest BCUT2D eigenvalue weighted by molar-refractivity contribution is 7.92. The van der Waals surface area contributed by atoms with E-state index in [1.165, 1.54) is 43.5 Å². The molecule has 2 aromatic rings. The van der Waals surface area contributed by atoms with Gasteiger partial charge in [0.1, 0.15) is 4.90 Å². The summed E-state index contributed by atoms with van der Waals surface area (Å²) >= 11 is 11.9. The van der Waals surface area contributed by atoms with Gasteiger partial charge in [-0.3, -0.25) is 9.52 Å². The van der Waals surface area contributed by atoms with Gasteiger partial charge in [0.25, 0.3) is 15.9 Å². The number of nitrogens with one attached hydrogen (secondary N) is 2. The topological polar surface area (TPSA) is 78.5 Å². The summed E-state index contributed by atoms with van der Waals surface area (Å²) in [6, 6.07) is 10.6. The molecule has 0 saturated carbocycles. The Kier molecular flexibility index (Phi) is 7.99. The highest BCUT2D eigenvalue weighted by atomic mass is 35.5. The smallest absolute Gasteiger partial charge is 0.263 e. The predicted octanol–water partition coefficient (Wildman–Crippen LogP) is 4.40. The summed E-state index contributed by atoms with van der Waals surface area (Å²) in [6.07, 6.45) is 4.67. The fourth-order valence-corrected chi connectivity index (χ4v) is 5.22. The molecule has 2 N–H and O–H groups in total. The van der Waals surface area contributed by atoms with Crippen LogP contribution in [-0.2, 0) is 10.0 Å². The third kappa shape index (κ3) is 6.35. The number of piperidine rings is 1. The summed E-state index contributed by atoms with van der Waals surface area (Å²) in [4.78, 5) is 14.7. The number of hydrogen-bond donors (Lipinski definition) is 2. The fourth-order valence-electron chi connectivity index (χ4n) is 3.41. The summed E-state index contributed by atoms with van der Waals surface area (Å²) in [5.41, 5.74) is 0.650.